The Morgan fingerprint density at radius 2 is 2.18 bits per heavy atom. The molecule has 1 aromatic heterocycles. The van der Waals surface area contributed by atoms with Crippen molar-refractivity contribution in [3.8, 4) is 5.69 Å². The average Bonchev–Trinajstić information content (AvgIpc) is 3.25. The zero-order valence-electron chi connectivity index (χ0n) is 12.5. The number of benzene rings is 1. The summed E-state index contributed by atoms with van der Waals surface area (Å²) in [6, 6.07) is 7.70. The first kappa shape index (κ1) is 13.5. The number of rotatable bonds is 4. The predicted molar refractivity (Wildman–Crippen MR) is 83.5 cm³/mol. The van der Waals surface area contributed by atoms with Gasteiger partial charge < -0.3 is 5.32 Å². The summed E-state index contributed by atoms with van der Waals surface area (Å²) >= 11 is 0. The van der Waals surface area contributed by atoms with Crippen molar-refractivity contribution in [2.24, 2.45) is 17.8 Å². The topological polar surface area (TPSA) is 59.8 Å². The standard InChI is InChI=1S/C17H20N4O/c22-17(11-14-10-12-5-6-13(14)9-12)19-15-3-1-2-4-16(15)21-8-7-18-20-21/h1-4,7-8,12-14H,5-6,9-11H2,(H,19,22). The molecule has 5 heteroatoms. The lowest BCUT2D eigenvalue weighted by molar-refractivity contribution is -0.117. The smallest absolute Gasteiger partial charge is 0.224 e. The number of carbonyl (C=O) groups excluding carboxylic acids is 1. The van der Waals surface area contributed by atoms with Gasteiger partial charge in [-0.3, -0.25) is 4.79 Å². The fourth-order valence-corrected chi connectivity index (χ4v) is 4.18. The SMILES string of the molecule is O=C(CC1CC2CCC1C2)Nc1ccccc1-n1ccnn1. The third kappa shape index (κ3) is 2.51. The van der Waals surface area contributed by atoms with E-state index in [2.05, 4.69) is 15.6 Å². The second-order valence-corrected chi connectivity index (χ2v) is 6.55. The highest BCUT2D eigenvalue weighted by molar-refractivity contribution is 5.93. The van der Waals surface area contributed by atoms with Gasteiger partial charge in [0.15, 0.2) is 0 Å². The summed E-state index contributed by atoms with van der Waals surface area (Å²) in [6.45, 7) is 0. The molecular weight excluding hydrogens is 276 g/mol. The monoisotopic (exact) mass is 296 g/mol. The normalized spacial score (nSPS) is 26.3. The summed E-state index contributed by atoms with van der Waals surface area (Å²) in [5, 5.41) is 10.9. The molecule has 2 aliphatic carbocycles. The molecule has 1 N–H and O–H groups in total. The molecule has 2 bridgehead atoms. The predicted octanol–water partition coefficient (Wildman–Crippen LogP) is 3.03. The maximum atomic E-state index is 12.4. The van der Waals surface area contributed by atoms with Crippen LogP contribution in [-0.2, 0) is 4.79 Å². The molecule has 2 aliphatic rings. The number of anilines is 1. The van der Waals surface area contributed by atoms with Gasteiger partial charge in [0.05, 0.1) is 23.8 Å². The number of fused-ring (bicyclic) bond motifs is 2. The first-order chi connectivity index (χ1) is 10.8. The third-order valence-corrected chi connectivity index (χ3v) is 5.18. The highest BCUT2D eigenvalue weighted by Gasteiger charge is 2.40. The molecule has 2 fully saturated rings. The summed E-state index contributed by atoms with van der Waals surface area (Å²) in [7, 11) is 0. The Bertz CT molecular complexity index is 667. The Kier molecular flexibility index (Phi) is 3.41. The van der Waals surface area contributed by atoms with E-state index in [1.807, 2.05) is 24.3 Å². The second kappa shape index (κ2) is 5.55. The van der Waals surface area contributed by atoms with E-state index in [-0.39, 0.29) is 5.91 Å². The second-order valence-electron chi connectivity index (χ2n) is 6.55. The van der Waals surface area contributed by atoms with Gasteiger partial charge in [-0.25, -0.2) is 4.68 Å². The number of hydrogen-bond acceptors (Lipinski definition) is 3. The Morgan fingerprint density at radius 3 is 2.91 bits per heavy atom. The summed E-state index contributed by atoms with van der Waals surface area (Å²) in [6.07, 6.45) is 9.33. The van der Waals surface area contributed by atoms with Crippen LogP contribution >= 0.6 is 0 Å². The molecule has 3 unspecified atom stereocenters. The van der Waals surface area contributed by atoms with Gasteiger partial charge >= 0.3 is 0 Å². The number of carbonyl (C=O) groups is 1. The summed E-state index contributed by atoms with van der Waals surface area (Å²) < 4.78 is 1.67. The van der Waals surface area contributed by atoms with Crippen molar-refractivity contribution in [3.63, 3.8) is 0 Å². The van der Waals surface area contributed by atoms with Crippen LogP contribution in [0.5, 0.6) is 0 Å². The van der Waals surface area contributed by atoms with E-state index in [1.165, 1.54) is 25.7 Å². The van der Waals surface area contributed by atoms with Gasteiger partial charge in [-0.2, -0.15) is 0 Å². The molecule has 4 rings (SSSR count). The molecule has 2 aromatic rings. The molecular formula is C17H20N4O. The van der Waals surface area contributed by atoms with Crippen molar-refractivity contribution in [3.05, 3.63) is 36.7 Å². The van der Waals surface area contributed by atoms with Crippen LogP contribution < -0.4 is 5.32 Å². The Morgan fingerprint density at radius 1 is 1.27 bits per heavy atom. The zero-order chi connectivity index (χ0) is 14.9. The van der Waals surface area contributed by atoms with E-state index in [4.69, 9.17) is 0 Å². The van der Waals surface area contributed by atoms with Crippen LogP contribution in [0.3, 0.4) is 0 Å². The number of para-hydroxylation sites is 2. The lowest BCUT2D eigenvalue weighted by Gasteiger charge is -2.21. The van der Waals surface area contributed by atoms with E-state index in [0.717, 1.165) is 23.2 Å². The van der Waals surface area contributed by atoms with Gasteiger partial charge in [-0.1, -0.05) is 23.8 Å². The lowest BCUT2D eigenvalue weighted by atomic mass is 9.86. The molecule has 0 radical (unpaired) electrons. The Balaban J connectivity index is 1.46. The van der Waals surface area contributed by atoms with Crippen molar-refractivity contribution < 1.29 is 4.79 Å². The first-order valence-electron chi connectivity index (χ1n) is 8.05. The third-order valence-electron chi connectivity index (χ3n) is 5.18. The maximum absolute atomic E-state index is 12.4. The minimum absolute atomic E-state index is 0.116. The summed E-state index contributed by atoms with van der Waals surface area (Å²) in [5.74, 6) is 2.36. The number of hydrogen-bond donors (Lipinski definition) is 1. The van der Waals surface area contributed by atoms with Gasteiger partial charge in [0, 0.05) is 6.42 Å². The van der Waals surface area contributed by atoms with E-state index in [9.17, 15) is 4.79 Å². The minimum Gasteiger partial charge on any atom is -0.324 e. The van der Waals surface area contributed by atoms with Crippen LogP contribution in [-0.4, -0.2) is 20.9 Å². The molecule has 0 aliphatic heterocycles. The molecule has 1 amide bonds. The molecule has 3 atom stereocenters. The maximum Gasteiger partial charge on any atom is 0.224 e. The Hall–Kier alpha value is -2.17. The first-order valence-corrected chi connectivity index (χ1v) is 8.05. The summed E-state index contributed by atoms with van der Waals surface area (Å²) in [5.41, 5.74) is 1.64. The van der Waals surface area contributed by atoms with Crippen molar-refractivity contribution in [2.45, 2.75) is 32.1 Å². The number of aromatic nitrogens is 3. The molecule has 0 spiro atoms. The molecule has 2 saturated carbocycles. The zero-order valence-corrected chi connectivity index (χ0v) is 12.5. The fraction of sp³-hybridized carbons (Fsp3) is 0.471. The van der Waals surface area contributed by atoms with Crippen LogP contribution in [0.25, 0.3) is 5.69 Å². The van der Waals surface area contributed by atoms with Gasteiger partial charge in [0.1, 0.15) is 0 Å². The van der Waals surface area contributed by atoms with Gasteiger partial charge in [0.2, 0.25) is 5.91 Å². The lowest BCUT2D eigenvalue weighted by Crippen LogP contribution is -2.21. The van der Waals surface area contributed by atoms with Crippen LogP contribution in [0.15, 0.2) is 36.7 Å². The van der Waals surface area contributed by atoms with E-state index in [0.29, 0.717) is 12.3 Å². The number of nitrogens with one attached hydrogen (secondary N) is 1. The molecule has 1 aromatic carbocycles. The van der Waals surface area contributed by atoms with Crippen molar-refractivity contribution in [1.82, 2.24) is 15.0 Å². The highest BCUT2D eigenvalue weighted by Crippen LogP contribution is 2.49. The molecule has 114 valence electrons. The van der Waals surface area contributed by atoms with E-state index >= 15 is 0 Å². The van der Waals surface area contributed by atoms with Gasteiger partial charge in [0.25, 0.3) is 0 Å². The average molecular weight is 296 g/mol. The largest absolute Gasteiger partial charge is 0.324 e. The highest BCUT2D eigenvalue weighted by atomic mass is 16.1. The Labute approximate surface area is 129 Å². The number of amides is 1. The molecule has 22 heavy (non-hydrogen) atoms. The number of nitrogens with zero attached hydrogens (tertiary/aromatic N) is 3. The van der Waals surface area contributed by atoms with Crippen LogP contribution in [0.1, 0.15) is 32.1 Å². The van der Waals surface area contributed by atoms with Gasteiger partial charge in [-0.15, -0.1) is 5.10 Å². The van der Waals surface area contributed by atoms with Crippen molar-refractivity contribution in [2.75, 3.05) is 5.32 Å². The minimum atomic E-state index is 0.116. The molecule has 1 heterocycles. The van der Waals surface area contributed by atoms with Gasteiger partial charge in [-0.05, 0) is 49.1 Å². The summed E-state index contributed by atoms with van der Waals surface area (Å²) in [4.78, 5) is 12.4. The van der Waals surface area contributed by atoms with Crippen LogP contribution in [0.2, 0.25) is 0 Å². The quantitative estimate of drug-likeness (QED) is 0.943. The van der Waals surface area contributed by atoms with E-state index in [1.54, 1.807) is 17.1 Å². The van der Waals surface area contributed by atoms with E-state index < -0.39 is 0 Å². The fourth-order valence-electron chi connectivity index (χ4n) is 4.18. The van der Waals surface area contributed by atoms with Crippen molar-refractivity contribution in [1.29, 1.82) is 0 Å². The molecule has 0 saturated heterocycles. The molecule has 5 nitrogen and oxygen atoms in total. The van der Waals surface area contributed by atoms with Crippen LogP contribution in [0, 0.1) is 17.8 Å². The van der Waals surface area contributed by atoms with Crippen LogP contribution in [0.4, 0.5) is 5.69 Å². The van der Waals surface area contributed by atoms with Crippen molar-refractivity contribution >= 4 is 11.6 Å².